The summed E-state index contributed by atoms with van der Waals surface area (Å²) < 4.78 is 5.53. The van der Waals surface area contributed by atoms with E-state index in [1.807, 2.05) is 49.4 Å². The predicted octanol–water partition coefficient (Wildman–Crippen LogP) is 3.53. The molecule has 0 unspecified atom stereocenters. The van der Waals surface area contributed by atoms with Crippen LogP contribution in [0.15, 0.2) is 48.5 Å². The van der Waals surface area contributed by atoms with Crippen LogP contribution in [0.1, 0.15) is 11.1 Å². The van der Waals surface area contributed by atoms with Crippen LogP contribution in [0.2, 0.25) is 5.02 Å². The molecule has 0 bridgehead atoms. The van der Waals surface area contributed by atoms with Gasteiger partial charge >= 0.3 is 6.03 Å². The molecule has 5 heteroatoms. The lowest BCUT2D eigenvalue weighted by molar-refractivity contribution is 0.236. The molecule has 116 valence electrons. The fourth-order valence-electron chi connectivity index (χ4n) is 1.85. The van der Waals surface area contributed by atoms with Crippen LogP contribution >= 0.6 is 11.6 Å². The summed E-state index contributed by atoms with van der Waals surface area (Å²) in [5.41, 5.74) is 2.07. The zero-order chi connectivity index (χ0) is 15.8. The van der Waals surface area contributed by atoms with Crippen molar-refractivity contribution in [3.05, 3.63) is 64.7 Å². The minimum atomic E-state index is -0.243. The SMILES string of the molecule is Cc1ccc(OCCNC(=O)NCc2ccccc2Cl)cc1. The van der Waals surface area contributed by atoms with Crippen molar-refractivity contribution >= 4 is 17.6 Å². The van der Waals surface area contributed by atoms with E-state index >= 15 is 0 Å². The van der Waals surface area contributed by atoms with Crippen molar-refractivity contribution in [3.8, 4) is 5.75 Å². The summed E-state index contributed by atoms with van der Waals surface area (Å²) in [5.74, 6) is 0.795. The van der Waals surface area contributed by atoms with E-state index in [0.717, 1.165) is 11.3 Å². The van der Waals surface area contributed by atoms with Gasteiger partial charge in [0.1, 0.15) is 12.4 Å². The molecule has 0 aliphatic rings. The summed E-state index contributed by atoms with van der Waals surface area (Å²) in [4.78, 5) is 11.7. The molecule has 0 heterocycles. The molecule has 2 aromatic carbocycles. The molecule has 0 aliphatic carbocycles. The molecule has 4 nitrogen and oxygen atoms in total. The van der Waals surface area contributed by atoms with E-state index in [-0.39, 0.29) is 6.03 Å². The highest BCUT2D eigenvalue weighted by Gasteiger charge is 2.02. The number of carbonyl (C=O) groups excluding carboxylic acids is 1. The van der Waals surface area contributed by atoms with E-state index in [9.17, 15) is 4.79 Å². The largest absolute Gasteiger partial charge is 0.492 e. The monoisotopic (exact) mass is 318 g/mol. The second-order valence-electron chi connectivity index (χ2n) is 4.86. The topological polar surface area (TPSA) is 50.4 Å². The molecule has 0 radical (unpaired) electrons. The maximum absolute atomic E-state index is 11.7. The average Bonchev–Trinajstić information content (AvgIpc) is 2.52. The molecule has 0 saturated carbocycles. The Morgan fingerprint density at radius 1 is 1.09 bits per heavy atom. The number of hydrogen-bond acceptors (Lipinski definition) is 2. The van der Waals surface area contributed by atoms with E-state index in [2.05, 4.69) is 10.6 Å². The summed E-state index contributed by atoms with van der Waals surface area (Å²) in [6.07, 6.45) is 0. The maximum Gasteiger partial charge on any atom is 0.315 e. The van der Waals surface area contributed by atoms with Gasteiger partial charge in [-0.25, -0.2) is 4.79 Å². The Hall–Kier alpha value is -2.20. The molecule has 2 aromatic rings. The lowest BCUT2D eigenvalue weighted by Crippen LogP contribution is -2.37. The van der Waals surface area contributed by atoms with E-state index in [0.29, 0.717) is 24.7 Å². The fraction of sp³-hybridized carbons (Fsp3) is 0.235. The Labute approximate surface area is 135 Å². The Morgan fingerprint density at radius 3 is 2.55 bits per heavy atom. The molecule has 0 spiro atoms. The number of carbonyl (C=O) groups is 1. The fourth-order valence-corrected chi connectivity index (χ4v) is 2.05. The number of ether oxygens (including phenoxy) is 1. The van der Waals surface area contributed by atoms with Crippen molar-refractivity contribution in [1.29, 1.82) is 0 Å². The van der Waals surface area contributed by atoms with Crippen LogP contribution in [0.25, 0.3) is 0 Å². The van der Waals surface area contributed by atoms with E-state index in [1.165, 1.54) is 5.56 Å². The minimum absolute atomic E-state index is 0.243. The highest BCUT2D eigenvalue weighted by Crippen LogP contribution is 2.14. The van der Waals surface area contributed by atoms with Crippen molar-refractivity contribution < 1.29 is 9.53 Å². The number of urea groups is 1. The molecule has 2 rings (SSSR count). The van der Waals surface area contributed by atoms with Crippen LogP contribution in [-0.2, 0) is 6.54 Å². The van der Waals surface area contributed by atoms with Gasteiger partial charge in [0.05, 0.1) is 6.54 Å². The minimum Gasteiger partial charge on any atom is -0.492 e. The first-order valence-electron chi connectivity index (χ1n) is 7.10. The first-order valence-corrected chi connectivity index (χ1v) is 7.47. The molecule has 0 atom stereocenters. The zero-order valence-electron chi connectivity index (χ0n) is 12.4. The summed E-state index contributed by atoms with van der Waals surface area (Å²) in [7, 11) is 0. The standard InChI is InChI=1S/C17H19ClN2O2/c1-13-6-8-15(9-7-13)22-11-10-19-17(21)20-12-14-4-2-3-5-16(14)18/h2-9H,10-12H2,1H3,(H2,19,20,21). The van der Waals surface area contributed by atoms with Gasteiger partial charge in [-0.05, 0) is 30.7 Å². The van der Waals surface area contributed by atoms with Gasteiger partial charge in [0, 0.05) is 11.6 Å². The van der Waals surface area contributed by atoms with Crippen LogP contribution < -0.4 is 15.4 Å². The quantitative estimate of drug-likeness (QED) is 0.801. The third-order valence-electron chi connectivity index (χ3n) is 3.07. The molecular formula is C17H19ClN2O2. The van der Waals surface area contributed by atoms with Crippen molar-refractivity contribution in [2.75, 3.05) is 13.2 Å². The Balaban J connectivity index is 1.64. The van der Waals surface area contributed by atoms with Gasteiger partial charge in [-0.2, -0.15) is 0 Å². The maximum atomic E-state index is 11.7. The summed E-state index contributed by atoms with van der Waals surface area (Å²) in [5, 5.41) is 6.14. The van der Waals surface area contributed by atoms with Gasteiger partial charge in [-0.15, -0.1) is 0 Å². The van der Waals surface area contributed by atoms with Gasteiger partial charge in [0.2, 0.25) is 0 Å². The van der Waals surface area contributed by atoms with Gasteiger partial charge in [-0.1, -0.05) is 47.5 Å². The molecule has 22 heavy (non-hydrogen) atoms. The van der Waals surface area contributed by atoms with E-state index in [1.54, 1.807) is 6.07 Å². The first-order chi connectivity index (χ1) is 10.6. The summed E-state index contributed by atoms with van der Waals surface area (Å²) in [6, 6.07) is 15.0. The van der Waals surface area contributed by atoms with Crippen LogP contribution in [0.5, 0.6) is 5.75 Å². The highest BCUT2D eigenvalue weighted by atomic mass is 35.5. The average molecular weight is 319 g/mol. The molecule has 0 fully saturated rings. The third-order valence-corrected chi connectivity index (χ3v) is 3.44. The first kappa shape index (κ1) is 16.2. The number of benzene rings is 2. The highest BCUT2D eigenvalue weighted by molar-refractivity contribution is 6.31. The number of nitrogens with one attached hydrogen (secondary N) is 2. The molecular weight excluding hydrogens is 300 g/mol. The Morgan fingerprint density at radius 2 is 1.82 bits per heavy atom. The van der Waals surface area contributed by atoms with Crippen LogP contribution in [0, 0.1) is 6.92 Å². The van der Waals surface area contributed by atoms with Crippen molar-refractivity contribution in [2.45, 2.75) is 13.5 Å². The molecule has 0 aliphatic heterocycles. The van der Waals surface area contributed by atoms with Gasteiger partial charge < -0.3 is 15.4 Å². The van der Waals surface area contributed by atoms with Gasteiger partial charge in [0.15, 0.2) is 0 Å². The van der Waals surface area contributed by atoms with E-state index < -0.39 is 0 Å². The van der Waals surface area contributed by atoms with Gasteiger partial charge in [-0.3, -0.25) is 0 Å². The molecule has 0 saturated heterocycles. The number of rotatable bonds is 6. The number of halogens is 1. The third kappa shape index (κ3) is 5.30. The molecule has 0 aromatic heterocycles. The zero-order valence-corrected chi connectivity index (χ0v) is 13.2. The Kier molecular flexibility index (Phi) is 6.10. The van der Waals surface area contributed by atoms with Crippen molar-refractivity contribution in [2.24, 2.45) is 0 Å². The summed E-state index contributed by atoms with van der Waals surface area (Å²) in [6.45, 7) is 3.27. The number of amides is 2. The second-order valence-corrected chi connectivity index (χ2v) is 5.27. The second kappa shape index (κ2) is 8.29. The van der Waals surface area contributed by atoms with Crippen molar-refractivity contribution in [3.63, 3.8) is 0 Å². The smallest absolute Gasteiger partial charge is 0.315 e. The number of hydrogen-bond donors (Lipinski definition) is 2. The number of aryl methyl sites for hydroxylation is 1. The van der Waals surface area contributed by atoms with Crippen molar-refractivity contribution in [1.82, 2.24) is 10.6 Å². The lowest BCUT2D eigenvalue weighted by Gasteiger charge is -2.10. The van der Waals surface area contributed by atoms with Crippen LogP contribution in [0.4, 0.5) is 4.79 Å². The summed E-state index contributed by atoms with van der Waals surface area (Å²) >= 11 is 6.02. The molecule has 2 amide bonds. The molecule has 2 N–H and O–H groups in total. The van der Waals surface area contributed by atoms with E-state index in [4.69, 9.17) is 16.3 Å². The van der Waals surface area contributed by atoms with Crippen LogP contribution in [0.3, 0.4) is 0 Å². The van der Waals surface area contributed by atoms with Gasteiger partial charge in [0.25, 0.3) is 0 Å². The lowest BCUT2D eigenvalue weighted by atomic mass is 10.2. The normalized spacial score (nSPS) is 10.1. The Bertz CT molecular complexity index is 614. The van der Waals surface area contributed by atoms with Crippen LogP contribution in [-0.4, -0.2) is 19.2 Å². The predicted molar refractivity (Wildman–Crippen MR) is 88.4 cm³/mol.